The third-order valence-electron chi connectivity index (χ3n) is 5.61. The van der Waals surface area contributed by atoms with E-state index >= 15 is 0 Å². The monoisotopic (exact) mass is 493 g/mol. The summed E-state index contributed by atoms with van der Waals surface area (Å²) in [6.07, 6.45) is 1.79. The van der Waals surface area contributed by atoms with Crippen LogP contribution in [0.15, 0.2) is 108 Å². The van der Waals surface area contributed by atoms with Crippen molar-refractivity contribution >= 4 is 23.6 Å². The minimum Gasteiger partial charge on any atom is -0.493 e. The highest BCUT2D eigenvalue weighted by atomic mass is 35.5. The third kappa shape index (κ3) is 5.32. The van der Waals surface area contributed by atoms with Crippen LogP contribution in [0.2, 0.25) is 5.02 Å². The number of para-hydroxylation sites is 1. The van der Waals surface area contributed by atoms with Gasteiger partial charge in [-0.25, -0.2) is 9.67 Å². The molecular formula is C30H24ClN3O2. The van der Waals surface area contributed by atoms with Crippen LogP contribution in [0.5, 0.6) is 17.2 Å². The van der Waals surface area contributed by atoms with Crippen molar-refractivity contribution in [3.05, 3.63) is 119 Å². The SMILES string of the molecule is COc1cc(C=Nc2cc(-c3ccc(Cl)cc3)nn2-c2ccc(C)cc2)ccc1Oc1ccccc1. The van der Waals surface area contributed by atoms with Crippen LogP contribution in [-0.2, 0) is 0 Å². The average Bonchev–Trinajstić information content (AvgIpc) is 3.33. The molecule has 5 nitrogen and oxygen atoms in total. The number of nitrogens with zero attached hydrogens (tertiary/aromatic N) is 3. The van der Waals surface area contributed by atoms with Gasteiger partial charge in [0.15, 0.2) is 17.3 Å². The standard InChI is InChI=1S/C30H24ClN3O2/c1-21-8-15-25(16-9-21)34-30(19-27(33-34)23-11-13-24(31)14-12-23)32-20-22-10-17-28(29(18-22)35-2)36-26-6-4-3-5-7-26/h3-20H,1-2H3. The quantitative estimate of drug-likeness (QED) is 0.215. The number of halogens is 1. The fourth-order valence-electron chi connectivity index (χ4n) is 3.71. The van der Waals surface area contributed by atoms with Crippen molar-refractivity contribution < 1.29 is 9.47 Å². The molecule has 0 radical (unpaired) electrons. The molecule has 1 heterocycles. The van der Waals surface area contributed by atoms with E-state index in [0.717, 1.165) is 28.3 Å². The average molecular weight is 494 g/mol. The number of ether oxygens (including phenoxy) is 2. The molecule has 0 amide bonds. The predicted octanol–water partition coefficient (Wildman–Crippen LogP) is 8.05. The minimum absolute atomic E-state index is 0.622. The molecule has 6 heteroatoms. The Bertz CT molecular complexity index is 1490. The van der Waals surface area contributed by atoms with Gasteiger partial charge in [0.05, 0.1) is 18.5 Å². The molecule has 0 aliphatic heterocycles. The topological polar surface area (TPSA) is 48.6 Å². The van der Waals surface area contributed by atoms with Gasteiger partial charge in [0.1, 0.15) is 5.75 Å². The van der Waals surface area contributed by atoms with Gasteiger partial charge >= 0.3 is 0 Å². The number of aromatic nitrogens is 2. The van der Waals surface area contributed by atoms with Crippen molar-refractivity contribution in [1.29, 1.82) is 0 Å². The van der Waals surface area contributed by atoms with Crippen LogP contribution in [0.3, 0.4) is 0 Å². The molecule has 0 aliphatic carbocycles. The summed E-state index contributed by atoms with van der Waals surface area (Å²) in [6.45, 7) is 2.06. The van der Waals surface area contributed by atoms with Crippen LogP contribution in [-0.4, -0.2) is 23.1 Å². The second kappa shape index (κ2) is 10.5. The third-order valence-corrected chi connectivity index (χ3v) is 5.87. The lowest BCUT2D eigenvalue weighted by Gasteiger charge is -2.10. The minimum atomic E-state index is 0.622. The van der Waals surface area contributed by atoms with E-state index in [9.17, 15) is 0 Å². The summed E-state index contributed by atoms with van der Waals surface area (Å²) in [5.74, 6) is 2.70. The summed E-state index contributed by atoms with van der Waals surface area (Å²) in [7, 11) is 1.62. The number of aliphatic imine (C=N–C) groups is 1. The smallest absolute Gasteiger partial charge is 0.169 e. The zero-order valence-corrected chi connectivity index (χ0v) is 20.7. The lowest BCUT2D eigenvalue weighted by atomic mass is 10.1. The van der Waals surface area contributed by atoms with Crippen LogP contribution in [0, 0.1) is 6.92 Å². The maximum atomic E-state index is 6.08. The van der Waals surface area contributed by atoms with E-state index in [1.165, 1.54) is 5.56 Å². The molecular weight excluding hydrogens is 470 g/mol. The van der Waals surface area contributed by atoms with Crippen LogP contribution < -0.4 is 9.47 Å². The van der Waals surface area contributed by atoms with Gasteiger partial charge in [0.2, 0.25) is 0 Å². The van der Waals surface area contributed by atoms with Crippen molar-refractivity contribution in [2.45, 2.75) is 6.92 Å². The summed E-state index contributed by atoms with van der Waals surface area (Å²) in [6, 6.07) is 33.1. The van der Waals surface area contributed by atoms with Gasteiger partial charge in [-0.1, -0.05) is 59.6 Å². The Morgan fingerprint density at radius 3 is 2.31 bits per heavy atom. The van der Waals surface area contributed by atoms with Gasteiger partial charge in [0, 0.05) is 22.9 Å². The van der Waals surface area contributed by atoms with Crippen LogP contribution in [0.25, 0.3) is 16.9 Å². The highest BCUT2D eigenvalue weighted by Crippen LogP contribution is 2.32. The highest BCUT2D eigenvalue weighted by Gasteiger charge is 2.12. The molecule has 36 heavy (non-hydrogen) atoms. The number of aryl methyl sites for hydroxylation is 1. The number of hydrogen-bond acceptors (Lipinski definition) is 4. The van der Waals surface area contributed by atoms with Gasteiger partial charge in [-0.05, 0) is 67.1 Å². The Hall–Kier alpha value is -4.35. The molecule has 5 rings (SSSR count). The molecule has 0 saturated heterocycles. The summed E-state index contributed by atoms with van der Waals surface area (Å²) < 4.78 is 13.4. The lowest BCUT2D eigenvalue weighted by Crippen LogP contribution is -1.97. The Kier molecular flexibility index (Phi) is 6.83. The predicted molar refractivity (Wildman–Crippen MR) is 146 cm³/mol. The molecule has 0 bridgehead atoms. The van der Waals surface area contributed by atoms with E-state index in [2.05, 4.69) is 19.1 Å². The summed E-state index contributed by atoms with van der Waals surface area (Å²) >= 11 is 6.08. The van der Waals surface area contributed by atoms with Crippen LogP contribution >= 0.6 is 11.6 Å². The molecule has 4 aromatic carbocycles. The first-order valence-electron chi connectivity index (χ1n) is 11.5. The Morgan fingerprint density at radius 2 is 1.58 bits per heavy atom. The maximum absolute atomic E-state index is 6.08. The zero-order chi connectivity index (χ0) is 24.9. The number of rotatable bonds is 7. The first-order valence-corrected chi connectivity index (χ1v) is 11.8. The zero-order valence-electron chi connectivity index (χ0n) is 19.9. The lowest BCUT2D eigenvalue weighted by molar-refractivity contribution is 0.379. The molecule has 0 spiro atoms. The van der Waals surface area contributed by atoms with Gasteiger partial charge < -0.3 is 9.47 Å². The second-order valence-electron chi connectivity index (χ2n) is 8.23. The van der Waals surface area contributed by atoms with Crippen molar-refractivity contribution in [2.75, 3.05) is 7.11 Å². The molecule has 5 aromatic rings. The van der Waals surface area contributed by atoms with E-state index in [0.29, 0.717) is 22.3 Å². The largest absolute Gasteiger partial charge is 0.493 e. The maximum Gasteiger partial charge on any atom is 0.169 e. The van der Waals surface area contributed by atoms with Gasteiger partial charge in [-0.3, -0.25) is 0 Å². The van der Waals surface area contributed by atoms with Crippen molar-refractivity contribution in [2.24, 2.45) is 4.99 Å². The molecule has 0 N–H and O–H groups in total. The number of methoxy groups -OCH3 is 1. The first kappa shape index (κ1) is 23.4. The van der Waals surface area contributed by atoms with E-state index in [1.54, 1.807) is 13.3 Å². The summed E-state index contributed by atoms with van der Waals surface area (Å²) in [5.41, 5.74) is 4.75. The molecule has 0 unspecified atom stereocenters. The Morgan fingerprint density at radius 1 is 0.833 bits per heavy atom. The Labute approximate surface area is 215 Å². The summed E-state index contributed by atoms with van der Waals surface area (Å²) in [4.78, 5) is 4.78. The molecule has 178 valence electrons. The van der Waals surface area contributed by atoms with E-state index in [1.807, 2.05) is 95.7 Å². The van der Waals surface area contributed by atoms with E-state index in [-0.39, 0.29) is 0 Å². The fourth-order valence-corrected chi connectivity index (χ4v) is 3.83. The highest BCUT2D eigenvalue weighted by molar-refractivity contribution is 6.30. The van der Waals surface area contributed by atoms with E-state index < -0.39 is 0 Å². The van der Waals surface area contributed by atoms with Crippen LogP contribution in [0.4, 0.5) is 5.82 Å². The van der Waals surface area contributed by atoms with Crippen LogP contribution in [0.1, 0.15) is 11.1 Å². The molecule has 0 saturated carbocycles. The molecule has 1 aromatic heterocycles. The number of hydrogen-bond donors (Lipinski definition) is 0. The van der Waals surface area contributed by atoms with Gasteiger partial charge in [-0.2, -0.15) is 5.10 Å². The van der Waals surface area contributed by atoms with Crippen molar-refractivity contribution in [3.8, 4) is 34.2 Å². The normalized spacial score (nSPS) is 11.1. The molecule has 0 aliphatic rings. The van der Waals surface area contributed by atoms with Gasteiger partial charge in [0.25, 0.3) is 0 Å². The van der Waals surface area contributed by atoms with Gasteiger partial charge in [-0.15, -0.1) is 0 Å². The first-order chi connectivity index (χ1) is 17.6. The Balaban J connectivity index is 1.48. The molecule has 0 atom stereocenters. The van der Waals surface area contributed by atoms with E-state index in [4.69, 9.17) is 31.2 Å². The van der Waals surface area contributed by atoms with Crippen molar-refractivity contribution in [1.82, 2.24) is 9.78 Å². The number of benzene rings is 4. The van der Waals surface area contributed by atoms with Crippen molar-refractivity contribution in [3.63, 3.8) is 0 Å². The second-order valence-corrected chi connectivity index (χ2v) is 8.66. The fraction of sp³-hybridized carbons (Fsp3) is 0.0667. The molecule has 0 fully saturated rings. The summed E-state index contributed by atoms with van der Waals surface area (Å²) in [5, 5.41) is 5.52.